The van der Waals surface area contributed by atoms with E-state index < -0.39 is 0 Å². The molecule has 0 bridgehead atoms. The van der Waals surface area contributed by atoms with E-state index >= 15 is 0 Å². The third kappa shape index (κ3) is 4.31. The Kier molecular flexibility index (Phi) is 5.84. The van der Waals surface area contributed by atoms with Gasteiger partial charge in [-0.3, -0.25) is 4.79 Å². The number of carbonyl (C=O) groups is 1. The van der Waals surface area contributed by atoms with Gasteiger partial charge in [0, 0.05) is 4.47 Å². The Morgan fingerprint density at radius 2 is 2.00 bits per heavy atom. The topological polar surface area (TPSA) is 38.3 Å². The summed E-state index contributed by atoms with van der Waals surface area (Å²) in [4.78, 5) is 12.9. The van der Waals surface area contributed by atoms with Gasteiger partial charge in [0.2, 0.25) is 0 Å². The van der Waals surface area contributed by atoms with Crippen molar-refractivity contribution in [2.75, 3.05) is 6.61 Å². The van der Waals surface area contributed by atoms with E-state index in [0.29, 0.717) is 11.5 Å². The first-order chi connectivity index (χ1) is 10.0. The summed E-state index contributed by atoms with van der Waals surface area (Å²) in [7, 11) is 0. The van der Waals surface area contributed by atoms with Gasteiger partial charge < -0.3 is 10.1 Å². The van der Waals surface area contributed by atoms with Crippen LogP contribution in [-0.2, 0) is 0 Å². The second-order valence-electron chi connectivity index (χ2n) is 4.43. The van der Waals surface area contributed by atoms with Crippen LogP contribution >= 0.6 is 43.2 Å². The van der Waals surface area contributed by atoms with Crippen LogP contribution in [0.1, 0.15) is 35.1 Å². The summed E-state index contributed by atoms with van der Waals surface area (Å²) < 4.78 is 7.22. The lowest BCUT2D eigenvalue weighted by atomic mass is 10.1. The van der Waals surface area contributed by atoms with Crippen molar-refractivity contribution in [1.29, 1.82) is 0 Å². The molecule has 2 rings (SSSR count). The van der Waals surface area contributed by atoms with E-state index in [2.05, 4.69) is 37.2 Å². The smallest absolute Gasteiger partial charge is 0.261 e. The highest BCUT2D eigenvalue weighted by molar-refractivity contribution is 9.13. The van der Waals surface area contributed by atoms with Gasteiger partial charge in [-0.05, 0) is 69.5 Å². The molecule has 0 aliphatic carbocycles. The third-order valence-electron chi connectivity index (χ3n) is 2.91. The summed E-state index contributed by atoms with van der Waals surface area (Å²) >= 11 is 8.19. The molecule has 0 saturated heterocycles. The molecule has 21 heavy (non-hydrogen) atoms. The van der Waals surface area contributed by atoms with E-state index in [1.807, 2.05) is 44.2 Å². The summed E-state index contributed by atoms with van der Waals surface area (Å²) in [6.45, 7) is 4.56. The Labute approximate surface area is 145 Å². The van der Waals surface area contributed by atoms with Crippen molar-refractivity contribution >= 4 is 49.1 Å². The van der Waals surface area contributed by atoms with Crippen LogP contribution in [0.4, 0.5) is 0 Å². The molecule has 1 aromatic carbocycles. The van der Waals surface area contributed by atoms with Crippen molar-refractivity contribution in [2.45, 2.75) is 19.9 Å². The molecule has 1 atom stereocenters. The molecule has 6 heteroatoms. The van der Waals surface area contributed by atoms with Crippen molar-refractivity contribution in [3.8, 4) is 5.75 Å². The monoisotopic (exact) mass is 431 g/mol. The number of hydrogen-bond acceptors (Lipinski definition) is 3. The van der Waals surface area contributed by atoms with Crippen molar-refractivity contribution in [2.24, 2.45) is 0 Å². The van der Waals surface area contributed by atoms with Gasteiger partial charge in [0.05, 0.1) is 21.3 Å². The van der Waals surface area contributed by atoms with Gasteiger partial charge in [-0.2, -0.15) is 0 Å². The summed E-state index contributed by atoms with van der Waals surface area (Å²) in [5, 5.41) is 2.99. The van der Waals surface area contributed by atoms with Crippen LogP contribution in [0.15, 0.2) is 38.6 Å². The molecule has 1 N–H and O–H groups in total. The molecule has 0 fully saturated rings. The Morgan fingerprint density at radius 1 is 1.33 bits per heavy atom. The minimum atomic E-state index is -0.0761. The largest absolute Gasteiger partial charge is 0.494 e. The number of amides is 1. The first-order valence-corrected chi connectivity index (χ1v) is 8.90. The van der Waals surface area contributed by atoms with E-state index in [4.69, 9.17) is 4.74 Å². The highest BCUT2D eigenvalue weighted by Crippen LogP contribution is 2.32. The number of halogens is 2. The second-order valence-corrected chi connectivity index (χ2v) is 7.65. The zero-order valence-electron chi connectivity index (χ0n) is 11.7. The van der Waals surface area contributed by atoms with Crippen LogP contribution in [0.2, 0.25) is 0 Å². The normalized spacial score (nSPS) is 12.0. The predicted octanol–water partition coefficient (Wildman–Crippen LogP) is 5.16. The second kappa shape index (κ2) is 7.42. The maximum absolute atomic E-state index is 12.2. The molecule has 0 aliphatic rings. The SMILES string of the molecule is CCOc1ccc(C(C)NC(=O)c2cc(Br)c(Br)s2)cc1. The van der Waals surface area contributed by atoms with E-state index in [9.17, 15) is 4.79 Å². The summed E-state index contributed by atoms with van der Waals surface area (Å²) in [6, 6.07) is 9.52. The standard InChI is InChI=1S/C15H15Br2NO2S/c1-3-20-11-6-4-10(5-7-11)9(2)18-15(19)13-8-12(16)14(17)21-13/h4-9H,3H2,1-2H3,(H,18,19). The average Bonchev–Trinajstić information content (AvgIpc) is 2.80. The molecular weight excluding hydrogens is 418 g/mol. The van der Waals surface area contributed by atoms with Crippen LogP contribution in [-0.4, -0.2) is 12.5 Å². The molecule has 1 amide bonds. The number of ether oxygens (including phenoxy) is 1. The minimum absolute atomic E-state index is 0.0622. The van der Waals surface area contributed by atoms with E-state index in [-0.39, 0.29) is 11.9 Å². The minimum Gasteiger partial charge on any atom is -0.494 e. The fraction of sp³-hybridized carbons (Fsp3) is 0.267. The fourth-order valence-corrected chi connectivity index (χ4v) is 3.77. The van der Waals surface area contributed by atoms with Gasteiger partial charge in [-0.15, -0.1) is 11.3 Å². The highest BCUT2D eigenvalue weighted by Gasteiger charge is 2.15. The maximum atomic E-state index is 12.2. The highest BCUT2D eigenvalue weighted by atomic mass is 79.9. The molecule has 0 aliphatic heterocycles. The lowest BCUT2D eigenvalue weighted by Gasteiger charge is -2.14. The number of thiophene rings is 1. The summed E-state index contributed by atoms with van der Waals surface area (Å²) in [5.41, 5.74) is 1.04. The summed E-state index contributed by atoms with van der Waals surface area (Å²) in [6.07, 6.45) is 0. The molecule has 0 radical (unpaired) electrons. The Bertz CT molecular complexity index is 606. The van der Waals surface area contributed by atoms with Gasteiger partial charge in [-0.25, -0.2) is 0 Å². The van der Waals surface area contributed by atoms with Gasteiger partial charge in [0.25, 0.3) is 5.91 Å². The lowest BCUT2D eigenvalue weighted by molar-refractivity contribution is 0.0944. The quantitative estimate of drug-likeness (QED) is 0.708. The van der Waals surface area contributed by atoms with Gasteiger partial charge >= 0.3 is 0 Å². The Balaban J connectivity index is 2.03. The lowest BCUT2D eigenvalue weighted by Crippen LogP contribution is -2.25. The molecule has 1 heterocycles. The van der Waals surface area contributed by atoms with Crippen molar-refractivity contribution in [3.05, 3.63) is 49.0 Å². The van der Waals surface area contributed by atoms with Crippen molar-refractivity contribution in [3.63, 3.8) is 0 Å². The van der Waals surface area contributed by atoms with Gasteiger partial charge in [0.15, 0.2) is 0 Å². The van der Waals surface area contributed by atoms with E-state index in [1.54, 1.807) is 0 Å². The maximum Gasteiger partial charge on any atom is 0.261 e. The molecule has 112 valence electrons. The average molecular weight is 433 g/mol. The number of benzene rings is 1. The van der Waals surface area contributed by atoms with Gasteiger partial charge in [0.1, 0.15) is 5.75 Å². The third-order valence-corrected chi connectivity index (χ3v) is 6.16. The van der Waals surface area contributed by atoms with Crippen molar-refractivity contribution < 1.29 is 9.53 Å². The molecule has 1 unspecified atom stereocenters. The fourth-order valence-electron chi connectivity index (χ4n) is 1.83. The molecule has 0 spiro atoms. The Morgan fingerprint density at radius 3 is 2.52 bits per heavy atom. The van der Waals surface area contributed by atoms with Crippen LogP contribution in [0, 0.1) is 0 Å². The summed E-state index contributed by atoms with van der Waals surface area (Å²) in [5.74, 6) is 0.763. The van der Waals surface area contributed by atoms with Crippen LogP contribution in [0.25, 0.3) is 0 Å². The molecule has 3 nitrogen and oxygen atoms in total. The molecule has 2 aromatic rings. The zero-order valence-corrected chi connectivity index (χ0v) is 15.6. The Hall–Kier alpha value is -0.850. The molecule has 1 aromatic heterocycles. The van der Waals surface area contributed by atoms with Crippen LogP contribution in [0.3, 0.4) is 0 Å². The zero-order chi connectivity index (χ0) is 15.4. The number of carbonyl (C=O) groups excluding carboxylic acids is 1. The molecule has 0 saturated carbocycles. The number of nitrogens with one attached hydrogen (secondary N) is 1. The van der Waals surface area contributed by atoms with Crippen LogP contribution in [0.5, 0.6) is 5.75 Å². The first kappa shape index (κ1) is 16.5. The van der Waals surface area contributed by atoms with E-state index in [1.165, 1.54) is 11.3 Å². The van der Waals surface area contributed by atoms with Gasteiger partial charge in [-0.1, -0.05) is 12.1 Å². The number of hydrogen-bond donors (Lipinski definition) is 1. The van der Waals surface area contributed by atoms with Crippen LogP contribution < -0.4 is 10.1 Å². The van der Waals surface area contributed by atoms with Crippen molar-refractivity contribution in [1.82, 2.24) is 5.32 Å². The molecular formula is C15H15Br2NO2S. The predicted molar refractivity (Wildman–Crippen MR) is 93.2 cm³/mol. The van der Waals surface area contributed by atoms with E-state index in [0.717, 1.165) is 19.6 Å². The first-order valence-electron chi connectivity index (χ1n) is 6.49. The number of rotatable bonds is 5.